The predicted octanol–water partition coefficient (Wildman–Crippen LogP) is 2.52. The molecule has 1 aliphatic heterocycles. The van der Waals surface area contributed by atoms with Gasteiger partial charge >= 0.3 is 0 Å². The molecule has 1 unspecified atom stereocenters. The van der Waals surface area contributed by atoms with Crippen LogP contribution in [-0.4, -0.2) is 48.4 Å². The Kier molecular flexibility index (Phi) is 7.03. The highest BCUT2D eigenvalue weighted by atomic mass is 32.1. The zero-order valence-corrected chi connectivity index (χ0v) is 17.7. The van der Waals surface area contributed by atoms with E-state index in [0.717, 1.165) is 42.7 Å². The Bertz CT molecular complexity index is 817. The average molecular weight is 400 g/mol. The van der Waals surface area contributed by atoms with Crippen molar-refractivity contribution in [3.05, 3.63) is 51.5 Å². The molecule has 3 rings (SSSR count). The van der Waals surface area contributed by atoms with Crippen molar-refractivity contribution in [2.75, 3.05) is 26.7 Å². The van der Waals surface area contributed by atoms with E-state index in [1.807, 2.05) is 36.9 Å². The van der Waals surface area contributed by atoms with Crippen molar-refractivity contribution < 1.29 is 4.79 Å². The lowest BCUT2D eigenvalue weighted by Crippen LogP contribution is -2.40. The number of nitrogens with zero attached hydrogens (tertiary/aromatic N) is 3. The first-order valence-corrected chi connectivity index (χ1v) is 10.6. The number of benzene rings is 1. The van der Waals surface area contributed by atoms with E-state index >= 15 is 0 Å². The molecule has 0 radical (unpaired) electrons. The summed E-state index contributed by atoms with van der Waals surface area (Å²) in [6, 6.07) is 10.3. The number of rotatable bonds is 7. The van der Waals surface area contributed by atoms with Gasteiger partial charge in [-0.1, -0.05) is 30.3 Å². The molecule has 1 aliphatic rings. The number of aliphatic imine (C=N–C) groups is 1. The van der Waals surface area contributed by atoms with Gasteiger partial charge in [0.2, 0.25) is 5.91 Å². The molecule has 1 amide bonds. The highest BCUT2D eigenvalue weighted by molar-refractivity contribution is 7.11. The summed E-state index contributed by atoms with van der Waals surface area (Å²) in [4.78, 5) is 24.3. The highest BCUT2D eigenvalue weighted by Gasteiger charge is 2.29. The Hall–Kier alpha value is -2.41. The summed E-state index contributed by atoms with van der Waals surface area (Å²) >= 11 is 1.71. The van der Waals surface area contributed by atoms with Crippen LogP contribution in [0.5, 0.6) is 0 Å². The number of likely N-dealkylation sites (tertiary alicyclic amines) is 1. The van der Waals surface area contributed by atoms with Gasteiger partial charge in [0.25, 0.3) is 0 Å². The summed E-state index contributed by atoms with van der Waals surface area (Å²) < 4.78 is 0. The summed E-state index contributed by atoms with van der Waals surface area (Å²) in [5.74, 6) is 1.33. The summed E-state index contributed by atoms with van der Waals surface area (Å²) in [6.07, 6.45) is 1.51. The average Bonchev–Trinajstić information content (AvgIpc) is 3.21. The van der Waals surface area contributed by atoms with Crippen molar-refractivity contribution in [2.45, 2.75) is 33.2 Å². The van der Waals surface area contributed by atoms with E-state index in [1.165, 1.54) is 10.4 Å². The van der Waals surface area contributed by atoms with E-state index in [2.05, 4.69) is 32.7 Å². The molecule has 1 atom stereocenters. The minimum absolute atomic E-state index is 0.251. The van der Waals surface area contributed by atoms with Crippen molar-refractivity contribution in [2.24, 2.45) is 10.9 Å². The van der Waals surface area contributed by atoms with E-state index in [0.29, 0.717) is 18.9 Å². The van der Waals surface area contributed by atoms with E-state index in [1.54, 1.807) is 18.4 Å². The number of guanidine groups is 1. The fraction of sp³-hybridized carbons (Fsp3) is 0.476. The lowest BCUT2D eigenvalue weighted by molar-refractivity contribution is -0.127. The van der Waals surface area contributed by atoms with Gasteiger partial charge in [-0.25, -0.2) is 4.98 Å². The molecule has 1 saturated heterocycles. The standard InChI is InChI=1S/C21H29N5OS/c1-15-19(28-16(2)25-15)13-24-21(22-3)23-12-18-11-20(27)26(14-18)10-9-17-7-5-4-6-8-17/h4-8,18H,9-14H2,1-3H3,(H2,22,23,24). The zero-order valence-electron chi connectivity index (χ0n) is 16.9. The number of carbonyl (C=O) groups excluding carboxylic acids is 1. The molecule has 0 aliphatic carbocycles. The third-order valence-electron chi connectivity index (χ3n) is 5.01. The summed E-state index contributed by atoms with van der Waals surface area (Å²) in [5.41, 5.74) is 2.34. The lowest BCUT2D eigenvalue weighted by atomic mass is 10.1. The molecule has 28 heavy (non-hydrogen) atoms. The first-order chi connectivity index (χ1) is 13.5. The number of thiazole rings is 1. The SMILES string of the molecule is CN=C(NCc1sc(C)nc1C)NCC1CC(=O)N(CCc2ccccc2)C1. The monoisotopic (exact) mass is 399 g/mol. The van der Waals surface area contributed by atoms with Crippen LogP contribution in [0.2, 0.25) is 0 Å². The molecule has 2 aromatic rings. The second kappa shape index (κ2) is 9.68. The third-order valence-corrected chi connectivity index (χ3v) is 6.08. The second-order valence-corrected chi connectivity index (χ2v) is 8.48. The van der Waals surface area contributed by atoms with E-state index in [4.69, 9.17) is 0 Å². The number of aryl methyl sites for hydroxylation is 2. The fourth-order valence-electron chi connectivity index (χ4n) is 3.48. The van der Waals surface area contributed by atoms with Gasteiger partial charge in [0.1, 0.15) is 0 Å². The number of amides is 1. The predicted molar refractivity (Wildman–Crippen MR) is 115 cm³/mol. The Morgan fingerprint density at radius 1 is 1.29 bits per heavy atom. The molecule has 7 heteroatoms. The molecule has 0 bridgehead atoms. The Labute approximate surface area is 171 Å². The molecule has 1 aromatic carbocycles. The van der Waals surface area contributed by atoms with Crippen LogP contribution in [-0.2, 0) is 17.8 Å². The molecule has 1 aromatic heterocycles. The number of carbonyl (C=O) groups is 1. The first kappa shape index (κ1) is 20.3. The number of aromatic nitrogens is 1. The summed E-state index contributed by atoms with van der Waals surface area (Å²) in [7, 11) is 1.77. The molecule has 0 saturated carbocycles. The molecular weight excluding hydrogens is 370 g/mol. The summed E-state index contributed by atoms with van der Waals surface area (Å²) in [6.45, 7) is 7.11. The van der Waals surface area contributed by atoms with E-state index in [9.17, 15) is 4.79 Å². The van der Waals surface area contributed by atoms with Gasteiger partial charge in [-0.2, -0.15) is 0 Å². The van der Waals surface area contributed by atoms with Gasteiger partial charge in [-0.05, 0) is 25.8 Å². The van der Waals surface area contributed by atoms with Crippen molar-refractivity contribution in [3.63, 3.8) is 0 Å². The molecule has 2 heterocycles. The topological polar surface area (TPSA) is 69.6 Å². The van der Waals surface area contributed by atoms with Crippen molar-refractivity contribution in [1.82, 2.24) is 20.5 Å². The Morgan fingerprint density at radius 3 is 2.75 bits per heavy atom. The normalized spacial score (nSPS) is 17.2. The number of hydrogen-bond donors (Lipinski definition) is 2. The summed E-state index contributed by atoms with van der Waals surface area (Å²) in [5, 5.41) is 7.79. The minimum Gasteiger partial charge on any atom is -0.356 e. The Balaban J connectivity index is 1.42. The van der Waals surface area contributed by atoms with Crippen LogP contribution < -0.4 is 10.6 Å². The van der Waals surface area contributed by atoms with Crippen LogP contribution in [0.4, 0.5) is 0 Å². The van der Waals surface area contributed by atoms with Gasteiger partial charge < -0.3 is 15.5 Å². The van der Waals surface area contributed by atoms with E-state index < -0.39 is 0 Å². The maximum Gasteiger partial charge on any atom is 0.223 e. The van der Waals surface area contributed by atoms with Crippen LogP contribution >= 0.6 is 11.3 Å². The van der Waals surface area contributed by atoms with Gasteiger partial charge in [0, 0.05) is 43.9 Å². The van der Waals surface area contributed by atoms with Crippen LogP contribution in [0.3, 0.4) is 0 Å². The van der Waals surface area contributed by atoms with Crippen molar-refractivity contribution >= 4 is 23.2 Å². The smallest absolute Gasteiger partial charge is 0.223 e. The molecule has 2 N–H and O–H groups in total. The number of hydrogen-bond acceptors (Lipinski definition) is 4. The van der Waals surface area contributed by atoms with Gasteiger partial charge in [0.15, 0.2) is 5.96 Å². The fourth-order valence-corrected chi connectivity index (χ4v) is 4.36. The Morgan fingerprint density at radius 2 is 2.07 bits per heavy atom. The van der Waals surface area contributed by atoms with Crippen LogP contribution in [0.15, 0.2) is 35.3 Å². The zero-order chi connectivity index (χ0) is 19.9. The molecule has 150 valence electrons. The van der Waals surface area contributed by atoms with Crippen LogP contribution in [0.25, 0.3) is 0 Å². The van der Waals surface area contributed by atoms with Gasteiger partial charge in [-0.15, -0.1) is 11.3 Å². The maximum absolute atomic E-state index is 12.3. The quantitative estimate of drug-likeness (QED) is 0.554. The maximum atomic E-state index is 12.3. The van der Waals surface area contributed by atoms with E-state index in [-0.39, 0.29) is 5.91 Å². The van der Waals surface area contributed by atoms with Crippen LogP contribution in [0, 0.1) is 19.8 Å². The lowest BCUT2D eigenvalue weighted by Gasteiger charge is -2.18. The van der Waals surface area contributed by atoms with Crippen molar-refractivity contribution in [3.8, 4) is 0 Å². The number of nitrogens with one attached hydrogen (secondary N) is 2. The molecule has 6 nitrogen and oxygen atoms in total. The second-order valence-electron chi connectivity index (χ2n) is 7.19. The minimum atomic E-state index is 0.251. The highest BCUT2D eigenvalue weighted by Crippen LogP contribution is 2.18. The third kappa shape index (κ3) is 5.55. The van der Waals surface area contributed by atoms with Crippen molar-refractivity contribution in [1.29, 1.82) is 0 Å². The largest absolute Gasteiger partial charge is 0.356 e. The van der Waals surface area contributed by atoms with Gasteiger partial charge in [-0.3, -0.25) is 9.79 Å². The van der Waals surface area contributed by atoms with Gasteiger partial charge in [0.05, 0.1) is 17.2 Å². The first-order valence-electron chi connectivity index (χ1n) is 9.74. The molecule has 0 spiro atoms. The van der Waals surface area contributed by atoms with Crippen LogP contribution in [0.1, 0.15) is 27.6 Å². The molecular formula is C21H29N5OS. The molecule has 1 fully saturated rings.